The zero-order valence-corrected chi connectivity index (χ0v) is 22.0. The summed E-state index contributed by atoms with van der Waals surface area (Å²) in [5, 5.41) is 21.8. The van der Waals surface area contributed by atoms with Crippen LogP contribution in [0.15, 0.2) is 84.0 Å². The molecule has 0 saturated carbocycles. The Hall–Kier alpha value is -5.56. The first kappa shape index (κ1) is 26.1. The van der Waals surface area contributed by atoms with Gasteiger partial charge in [-0.05, 0) is 68.3 Å². The van der Waals surface area contributed by atoms with Gasteiger partial charge < -0.3 is 10.6 Å². The van der Waals surface area contributed by atoms with E-state index in [1.54, 1.807) is 74.5 Å². The van der Waals surface area contributed by atoms with E-state index in [1.165, 1.54) is 17.1 Å². The number of H-pyrrole nitrogens is 1. The van der Waals surface area contributed by atoms with Crippen molar-refractivity contribution in [3.05, 3.63) is 112 Å². The number of amides is 2. The Balaban J connectivity index is 1.47. The van der Waals surface area contributed by atoms with Gasteiger partial charge in [-0.15, -0.1) is 0 Å². The standard InChI is InChI=1S/C30H25N7O3/c1-18-10-11-21(34-27(38)19-6-4-7-20(14-19)30(2,3)16-31)15-24(18)37-17-32-26-22(8-5-9-23(26)29(37)40)28(39)35-25-12-13-33-36-25/h4-15,17H,1-3H3,(H,34,38)(H2,33,35,36,39). The normalized spacial score (nSPS) is 11.2. The molecule has 3 aromatic carbocycles. The summed E-state index contributed by atoms with van der Waals surface area (Å²) in [5.74, 6) is -0.352. The van der Waals surface area contributed by atoms with Gasteiger partial charge >= 0.3 is 0 Å². The number of aromatic nitrogens is 4. The molecular weight excluding hydrogens is 506 g/mol. The minimum Gasteiger partial charge on any atom is -0.322 e. The van der Waals surface area contributed by atoms with Crippen LogP contribution < -0.4 is 16.2 Å². The second-order valence-electron chi connectivity index (χ2n) is 9.82. The maximum Gasteiger partial charge on any atom is 0.265 e. The minimum atomic E-state index is -0.739. The zero-order chi connectivity index (χ0) is 28.4. The van der Waals surface area contributed by atoms with Crippen LogP contribution in [0, 0.1) is 18.3 Å². The highest BCUT2D eigenvalue weighted by molar-refractivity contribution is 6.11. The largest absolute Gasteiger partial charge is 0.322 e. The molecule has 10 nitrogen and oxygen atoms in total. The number of carbonyl (C=O) groups is 2. The third kappa shape index (κ3) is 4.96. The molecule has 0 spiro atoms. The van der Waals surface area contributed by atoms with Gasteiger partial charge in [0.05, 0.1) is 39.8 Å². The first-order valence-corrected chi connectivity index (χ1v) is 12.4. The lowest BCUT2D eigenvalue weighted by Gasteiger charge is -2.17. The molecule has 0 bridgehead atoms. The highest BCUT2D eigenvalue weighted by atomic mass is 16.2. The van der Waals surface area contributed by atoms with Crippen LogP contribution in [0.2, 0.25) is 0 Å². The van der Waals surface area contributed by atoms with Gasteiger partial charge in [-0.25, -0.2) is 4.98 Å². The summed E-state index contributed by atoms with van der Waals surface area (Å²) in [6.07, 6.45) is 2.89. The number of aromatic amines is 1. The third-order valence-electron chi connectivity index (χ3n) is 6.63. The van der Waals surface area contributed by atoms with Crippen molar-refractivity contribution < 1.29 is 9.59 Å². The van der Waals surface area contributed by atoms with E-state index in [-0.39, 0.29) is 27.9 Å². The smallest absolute Gasteiger partial charge is 0.265 e. The number of nitrogens with zero attached hydrogens (tertiary/aromatic N) is 4. The van der Waals surface area contributed by atoms with Gasteiger partial charge in [0.2, 0.25) is 0 Å². The number of rotatable bonds is 6. The number of hydrogen-bond acceptors (Lipinski definition) is 6. The molecule has 0 saturated heterocycles. The maximum absolute atomic E-state index is 13.5. The molecule has 5 rings (SSSR count). The summed E-state index contributed by atoms with van der Waals surface area (Å²) in [4.78, 5) is 43.9. The fraction of sp³-hybridized carbons (Fsp3) is 0.133. The number of carbonyl (C=O) groups excluding carboxylic acids is 2. The molecule has 0 atom stereocenters. The quantitative estimate of drug-likeness (QED) is 0.289. The number of anilines is 2. The van der Waals surface area contributed by atoms with Gasteiger partial charge in [-0.3, -0.25) is 24.0 Å². The molecular formula is C30H25N7O3. The van der Waals surface area contributed by atoms with Crippen LogP contribution in [-0.4, -0.2) is 31.6 Å². The number of benzene rings is 3. The predicted octanol–water partition coefficient (Wildman–Crippen LogP) is 4.72. The molecule has 3 N–H and O–H groups in total. The molecule has 0 unspecified atom stereocenters. The Morgan fingerprint density at radius 1 is 1.00 bits per heavy atom. The number of para-hydroxylation sites is 1. The number of nitriles is 1. The molecule has 2 heterocycles. The zero-order valence-electron chi connectivity index (χ0n) is 22.0. The maximum atomic E-state index is 13.5. The van der Waals surface area contributed by atoms with Crippen LogP contribution in [0.3, 0.4) is 0 Å². The van der Waals surface area contributed by atoms with E-state index in [4.69, 9.17) is 0 Å². The fourth-order valence-corrected chi connectivity index (χ4v) is 4.29. The van der Waals surface area contributed by atoms with Crippen molar-refractivity contribution in [3.8, 4) is 11.8 Å². The Labute approximate surface area is 229 Å². The van der Waals surface area contributed by atoms with Crippen molar-refractivity contribution in [2.24, 2.45) is 0 Å². The Kier molecular flexibility index (Phi) is 6.71. The highest BCUT2D eigenvalue weighted by Gasteiger charge is 2.21. The average molecular weight is 532 g/mol. The molecule has 0 aliphatic carbocycles. The van der Waals surface area contributed by atoms with Gasteiger partial charge in [0.15, 0.2) is 0 Å². The highest BCUT2D eigenvalue weighted by Crippen LogP contribution is 2.24. The van der Waals surface area contributed by atoms with Crippen molar-refractivity contribution in [1.82, 2.24) is 19.7 Å². The van der Waals surface area contributed by atoms with E-state index in [1.807, 2.05) is 13.0 Å². The molecule has 5 aromatic rings. The number of aryl methyl sites for hydroxylation is 1. The van der Waals surface area contributed by atoms with E-state index in [0.717, 1.165) is 11.1 Å². The summed E-state index contributed by atoms with van der Waals surface area (Å²) < 4.78 is 1.39. The molecule has 10 heteroatoms. The summed E-state index contributed by atoms with van der Waals surface area (Å²) >= 11 is 0. The predicted molar refractivity (Wildman–Crippen MR) is 152 cm³/mol. The van der Waals surface area contributed by atoms with E-state index in [9.17, 15) is 19.6 Å². The number of fused-ring (bicyclic) bond motifs is 1. The minimum absolute atomic E-state index is 0.246. The first-order valence-electron chi connectivity index (χ1n) is 12.4. The van der Waals surface area contributed by atoms with Gasteiger partial charge in [0, 0.05) is 17.3 Å². The van der Waals surface area contributed by atoms with E-state index in [2.05, 4.69) is 31.9 Å². The molecule has 40 heavy (non-hydrogen) atoms. The van der Waals surface area contributed by atoms with Crippen molar-refractivity contribution in [2.75, 3.05) is 10.6 Å². The molecule has 0 aliphatic heterocycles. The summed E-state index contributed by atoms with van der Waals surface area (Å²) in [6.45, 7) is 5.43. The topological polar surface area (TPSA) is 146 Å². The van der Waals surface area contributed by atoms with Crippen molar-refractivity contribution >= 4 is 34.2 Å². The van der Waals surface area contributed by atoms with E-state index >= 15 is 0 Å². The Bertz CT molecular complexity index is 1870. The lowest BCUT2D eigenvalue weighted by atomic mass is 9.85. The first-order chi connectivity index (χ1) is 19.2. The second kappa shape index (κ2) is 10.3. The number of nitrogens with one attached hydrogen (secondary N) is 3. The molecule has 0 radical (unpaired) electrons. The Morgan fingerprint density at radius 2 is 1.80 bits per heavy atom. The summed E-state index contributed by atoms with van der Waals surface area (Å²) in [5.41, 5.74) is 2.36. The van der Waals surface area contributed by atoms with Crippen molar-refractivity contribution in [1.29, 1.82) is 5.26 Å². The number of hydrogen-bond donors (Lipinski definition) is 3. The lowest BCUT2D eigenvalue weighted by molar-refractivity contribution is 0.101. The van der Waals surface area contributed by atoms with Crippen LogP contribution >= 0.6 is 0 Å². The van der Waals surface area contributed by atoms with Crippen LogP contribution in [0.25, 0.3) is 16.6 Å². The fourth-order valence-electron chi connectivity index (χ4n) is 4.29. The second-order valence-corrected chi connectivity index (χ2v) is 9.82. The molecule has 2 amide bonds. The van der Waals surface area contributed by atoms with Gasteiger partial charge in [-0.2, -0.15) is 10.4 Å². The van der Waals surface area contributed by atoms with Gasteiger partial charge in [0.25, 0.3) is 17.4 Å². The third-order valence-corrected chi connectivity index (χ3v) is 6.63. The van der Waals surface area contributed by atoms with Crippen LogP contribution in [0.4, 0.5) is 11.5 Å². The molecule has 0 fully saturated rings. The van der Waals surface area contributed by atoms with Crippen molar-refractivity contribution in [3.63, 3.8) is 0 Å². The van der Waals surface area contributed by atoms with Crippen LogP contribution in [-0.2, 0) is 5.41 Å². The van der Waals surface area contributed by atoms with Crippen LogP contribution in [0.5, 0.6) is 0 Å². The average Bonchev–Trinajstić information content (AvgIpc) is 3.47. The summed E-state index contributed by atoms with van der Waals surface area (Å²) in [7, 11) is 0. The SMILES string of the molecule is Cc1ccc(NC(=O)c2cccc(C(C)(C)C#N)c2)cc1-n1cnc2c(C(=O)Nc3ccn[nH]3)cccc2c1=O. The Morgan fingerprint density at radius 3 is 2.55 bits per heavy atom. The monoisotopic (exact) mass is 531 g/mol. The lowest BCUT2D eigenvalue weighted by Crippen LogP contribution is -2.22. The van der Waals surface area contributed by atoms with Gasteiger partial charge in [0.1, 0.15) is 12.1 Å². The van der Waals surface area contributed by atoms with E-state index in [0.29, 0.717) is 22.8 Å². The molecule has 2 aromatic heterocycles. The van der Waals surface area contributed by atoms with Crippen molar-refractivity contribution in [2.45, 2.75) is 26.2 Å². The van der Waals surface area contributed by atoms with Gasteiger partial charge in [-0.1, -0.05) is 24.3 Å². The molecule has 0 aliphatic rings. The van der Waals surface area contributed by atoms with E-state index < -0.39 is 11.3 Å². The van der Waals surface area contributed by atoms with Crippen LogP contribution in [0.1, 0.15) is 45.7 Å². The summed E-state index contributed by atoms with van der Waals surface area (Å²) in [6, 6.07) is 20.9. The molecule has 198 valence electrons.